The molecule has 2 aromatic heterocycles. The molecule has 2 heterocycles. The van der Waals surface area contributed by atoms with E-state index in [0.29, 0.717) is 45.9 Å². The van der Waals surface area contributed by atoms with Crippen molar-refractivity contribution in [3.05, 3.63) is 63.4 Å². The third kappa shape index (κ3) is 6.79. The summed E-state index contributed by atoms with van der Waals surface area (Å²) in [5.74, 6) is 0.978. The topological polar surface area (TPSA) is 115 Å². The van der Waals surface area contributed by atoms with Gasteiger partial charge >= 0.3 is 0 Å². The SMILES string of the molecule is Cc1cc(Nc2cc(NC(=O)c3c(Cl)cc(CN(C)C4CC4)cc3Cl)ccn2)nc(NCCO)n1. The first-order chi connectivity index (χ1) is 16.8. The smallest absolute Gasteiger partial charge is 0.258 e. The number of anilines is 4. The monoisotopic (exact) mass is 515 g/mol. The normalized spacial score (nSPS) is 13.1. The Kier molecular flexibility index (Phi) is 8.02. The van der Waals surface area contributed by atoms with E-state index in [1.165, 1.54) is 12.8 Å². The second kappa shape index (κ2) is 11.2. The van der Waals surface area contributed by atoms with Gasteiger partial charge in [-0.1, -0.05) is 23.2 Å². The van der Waals surface area contributed by atoms with Gasteiger partial charge in [0, 0.05) is 48.8 Å². The number of amides is 1. The van der Waals surface area contributed by atoms with Crippen molar-refractivity contribution in [2.24, 2.45) is 0 Å². The molecule has 0 bridgehead atoms. The van der Waals surface area contributed by atoms with E-state index in [9.17, 15) is 4.79 Å². The number of hydrogen-bond donors (Lipinski definition) is 4. The third-order valence-corrected chi connectivity index (χ3v) is 6.05. The first-order valence-electron chi connectivity index (χ1n) is 11.3. The van der Waals surface area contributed by atoms with Gasteiger partial charge in [0.15, 0.2) is 0 Å². The second-order valence-electron chi connectivity index (χ2n) is 8.46. The van der Waals surface area contributed by atoms with Gasteiger partial charge in [-0.05, 0) is 50.6 Å². The van der Waals surface area contributed by atoms with Crippen LogP contribution in [0.4, 0.5) is 23.3 Å². The first kappa shape index (κ1) is 25.1. The second-order valence-corrected chi connectivity index (χ2v) is 9.27. The van der Waals surface area contributed by atoms with Crippen LogP contribution in [0, 0.1) is 6.92 Å². The van der Waals surface area contributed by atoms with Crippen molar-refractivity contribution in [1.29, 1.82) is 0 Å². The van der Waals surface area contributed by atoms with Crippen LogP contribution in [0.15, 0.2) is 36.5 Å². The lowest BCUT2D eigenvalue weighted by Gasteiger charge is -2.17. The average Bonchev–Trinajstić information content (AvgIpc) is 3.63. The number of nitrogens with zero attached hydrogens (tertiary/aromatic N) is 4. The van der Waals surface area contributed by atoms with Crippen molar-refractivity contribution in [3.63, 3.8) is 0 Å². The summed E-state index contributed by atoms with van der Waals surface area (Å²) in [5, 5.41) is 18.5. The van der Waals surface area contributed by atoms with Gasteiger partial charge in [-0.25, -0.2) is 9.97 Å². The van der Waals surface area contributed by atoms with Crippen LogP contribution in [0.2, 0.25) is 10.0 Å². The van der Waals surface area contributed by atoms with Crippen molar-refractivity contribution >= 4 is 52.4 Å². The number of pyridine rings is 1. The van der Waals surface area contributed by atoms with Crippen molar-refractivity contribution in [1.82, 2.24) is 19.9 Å². The molecule has 0 spiro atoms. The molecule has 1 fully saturated rings. The van der Waals surface area contributed by atoms with Crippen molar-refractivity contribution < 1.29 is 9.90 Å². The van der Waals surface area contributed by atoms with Crippen LogP contribution in [0.5, 0.6) is 0 Å². The standard InChI is InChI=1S/C24H27Cl2N7O2/c1-14-9-21(32-24(29-14)28-7-8-34)31-20-12-16(5-6-27-20)30-23(35)22-18(25)10-15(11-19(22)26)13-33(2)17-3-4-17/h5-6,9-12,17,34H,3-4,7-8,13H2,1-2H3,(H3,27,28,29,30,31,32,35). The Morgan fingerprint density at radius 2 is 1.89 bits per heavy atom. The Morgan fingerprint density at radius 1 is 1.14 bits per heavy atom. The summed E-state index contributed by atoms with van der Waals surface area (Å²) in [6.45, 7) is 2.87. The van der Waals surface area contributed by atoms with Gasteiger partial charge in [0.1, 0.15) is 11.6 Å². The zero-order valence-corrected chi connectivity index (χ0v) is 21.0. The molecular formula is C24H27Cl2N7O2. The fourth-order valence-electron chi connectivity index (χ4n) is 3.65. The van der Waals surface area contributed by atoms with Gasteiger partial charge < -0.3 is 21.1 Å². The number of aryl methyl sites for hydroxylation is 1. The average molecular weight is 516 g/mol. The van der Waals surface area contributed by atoms with Crippen molar-refractivity contribution in [2.75, 3.05) is 36.1 Å². The molecule has 0 aliphatic heterocycles. The number of carbonyl (C=O) groups is 1. The summed E-state index contributed by atoms with van der Waals surface area (Å²) in [4.78, 5) is 28.2. The molecule has 1 amide bonds. The maximum atomic E-state index is 13.0. The zero-order valence-electron chi connectivity index (χ0n) is 19.5. The third-order valence-electron chi connectivity index (χ3n) is 5.45. The highest BCUT2D eigenvalue weighted by molar-refractivity contribution is 6.40. The summed E-state index contributed by atoms with van der Waals surface area (Å²) in [6.07, 6.45) is 3.98. The molecule has 4 rings (SSSR count). The molecular weight excluding hydrogens is 489 g/mol. The highest BCUT2D eigenvalue weighted by atomic mass is 35.5. The number of halogens is 2. The summed E-state index contributed by atoms with van der Waals surface area (Å²) in [7, 11) is 2.07. The van der Waals surface area contributed by atoms with Gasteiger partial charge in [-0.15, -0.1) is 0 Å². The Labute approximate surface area is 213 Å². The number of aliphatic hydroxyl groups is 1. The molecule has 0 radical (unpaired) electrons. The maximum Gasteiger partial charge on any atom is 0.258 e. The molecule has 1 aliphatic carbocycles. The quantitative estimate of drug-likeness (QED) is 0.312. The van der Waals surface area contributed by atoms with Crippen LogP contribution in [0.1, 0.15) is 34.5 Å². The molecule has 0 atom stereocenters. The molecule has 4 N–H and O–H groups in total. The first-order valence-corrected chi connectivity index (χ1v) is 12.0. The largest absolute Gasteiger partial charge is 0.395 e. The van der Waals surface area contributed by atoms with E-state index in [2.05, 4.69) is 42.8 Å². The molecule has 1 aromatic carbocycles. The van der Waals surface area contributed by atoms with E-state index in [0.717, 1.165) is 17.8 Å². The molecule has 9 nitrogen and oxygen atoms in total. The minimum atomic E-state index is -0.410. The van der Waals surface area contributed by atoms with Crippen LogP contribution >= 0.6 is 23.2 Å². The minimum Gasteiger partial charge on any atom is -0.395 e. The van der Waals surface area contributed by atoms with Crippen LogP contribution in [-0.4, -0.2) is 57.1 Å². The lowest BCUT2D eigenvalue weighted by Crippen LogP contribution is -2.20. The summed E-state index contributed by atoms with van der Waals surface area (Å²) < 4.78 is 0. The van der Waals surface area contributed by atoms with E-state index >= 15 is 0 Å². The number of rotatable bonds is 10. The van der Waals surface area contributed by atoms with Crippen LogP contribution < -0.4 is 16.0 Å². The summed E-state index contributed by atoms with van der Waals surface area (Å²) >= 11 is 12.9. The zero-order chi connectivity index (χ0) is 24.9. The maximum absolute atomic E-state index is 13.0. The number of nitrogens with one attached hydrogen (secondary N) is 3. The van der Waals surface area contributed by atoms with Gasteiger partial charge in [0.2, 0.25) is 5.95 Å². The number of carbonyl (C=O) groups excluding carboxylic acids is 1. The number of aromatic nitrogens is 3. The lowest BCUT2D eigenvalue weighted by atomic mass is 10.1. The molecule has 1 aliphatic rings. The van der Waals surface area contributed by atoms with E-state index in [4.69, 9.17) is 28.3 Å². The minimum absolute atomic E-state index is 0.0301. The Bertz CT molecular complexity index is 1200. The number of hydrogen-bond acceptors (Lipinski definition) is 8. The Morgan fingerprint density at radius 3 is 2.57 bits per heavy atom. The molecule has 184 valence electrons. The molecule has 35 heavy (non-hydrogen) atoms. The van der Waals surface area contributed by atoms with Crippen LogP contribution in [-0.2, 0) is 6.54 Å². The fraction of sp³-hybridized carbons (Fsp3) is 0.333. The highest BCUT2D eigenvalue weighted by Gasteiger charge is 2.26. The van der Waals surface area contributed by atoms with E-state index < -0.39 is 5.91 Å². The predicted molar refractivity (Wildman–Crippen MR) is 139 cm³/mol. The summed E-state index contributed by atoms with van der Waals surface area (Å²) in [5.41, 5.74) is 2.45. The van der Waals surface area contributed by atoms with Gasteiger partial charge in [0.05, 0.1) is 22.2 Å². The van der Waals surface area contributed by atoms with Gasteiger partial charge in [0.25, 0.3) is 5.91 Å². The number of benzene rings is 1. The molecule has 11 heteroatoms. The van der Waals surface area contributed by atoms with E-state index in [1.54, 1.807) is 36.5 Å². The van der Waals surface area contributed by atoms with Crippen molar-refractivity contribution in [2.45, 2.75) is 32.4 Å². The molecule has 1 saturated carbocycles. The molecule has 0 unspecified atom stereocenters. The van der Waals surface area contributed by atoms with Crippen molar-refractivity contribution in [3.8, 4) is 0 Å². The van der Waals surface area contributed by atoms with Gasteiger partial charge in [-0.3, -0.25) is 9.69 Å². The summed E-state index contributed by atoms with van der Waals surface area (Å²) in [6, 6.07) is 9.31. The molecule has 3 aromatic rings. The Hall–Kier alpha value is -2.98. The van der Waals surface area contributed by atoms with Crippen LogP contribution in [0.3, 0.4) is 0 Å². The van der Waals surface area contributed by atoms with Gasteiger partial charge in [-0.2, -0.15) is 4.98 Å². The predicted octanol–water partition coefficient (Wildman–Crippen LogP) is 4.48. The Balaban J connectivity index is 1.46. The number of aliphatic hydroxyl groups excluding tert-OH is 1. The lowest BCUT2D eigenvalue weighted by molar-refractivity contribution is 0.102. The highest BCUT2D eigenvalue weighted by Crippen LogP contribution is 2.31. The van der Waals surface area contributed by atoms with Crippen LogP contribution in [0.25, 0.3) is 0 Å². The van der Waals surface area contributed by atoms with E-state index in [1.807, 2.05) is 6.92 Å². The fourth-order valence-corrected chi connectivity index (χ4v) is 4.35. The van der Waals surface area contributed by atoms with E-state index in [-0.39, 0.29) is 12.2 Å². The molecule has 0 saturated heterocycles.